The molecule has 0 saturated carbocycles. The zero-order valence-electron chi connectivity index (χ0n) is 17.5. The number of hydrogen-bond acceptors (Lipinski definition) is 4. The van der Waals surface area contributed by atoms with Crippen LogP contribution in [0.3, 0.4) is 0 Å². The summed E-state index contributed by atoms with van der Waals surface area (Å²) in [4.78, 5) is 4.21. The summed E-state index contributed by atoms with van der Waals surface area (Å²) in [7, 11) is 4.98. The summed E-state index contributed by atoms with van der Waals surface area (Å²) in [5.74, 6) is 2.03. The SMILES string of the molecule is CN=C(NCCCc1ccc(OC)c(OC)c1)NCC(C)Oc1ccccc1F. The summed E-state index contributed by atoms with van der Waals surface area (Å²) < 4.78 is 29.9. The van der Waals surface area contributed by atoms with E-state index in [0.717, 1.165) is 30.9 Å². The van der Waals surface area contributed by atoms with Crippen LogP contribution in [-0.2, 0) is 6.42 Å². The molecule has 158 valence electrons. The van der Waals surface area contributed by atoms with Gasteiger partial charge >= 0.3 is 0 Å². The van der Waals surface area contributed by atoms with Gasteiger partial charge in [-0.2, -0.15) is 0 Å². The molecule has 0 amide bonds. The first-order chi connectivity index (χ1) is 14.1. The van der Waals surface area contributed by atoms with E-state index in [4.69, 9.17) is 14.2 Å². The van der Waals surface area contributed by atoms with Crippen LogP contribution in [0.25, 0.3) is 0 Å². The van der Waals surface area contributed by atoms with Gasteiger partial charge in [0.15, 0.2) is 29.0 Å². The minimum absolute atomic E-state index is 0.211. The minimum atomic E-state index is -0.364. The fourth-order valence-electron chi connectivity index (χ4n) is 2.80. The Balaban J connectivity index is 1.72. The van der Waals surface area contributed by atoms with Crippen LogP contribution in [0.4, 0.5) is 4.39 Å². The first kappa shape index (κ1) is 22.3. The van der Waals surface area contributed by atoms with E-state index in [9.17, 15) is 4.39 Å². The average Bonchev–Trinajstić information content (AvgIpc) is 2.74. The Morgan fingerprint density at radius 2 is 1.79 bits per heavy atom. The lowest BCUT2D eigenvalue weighted by Gasteiger charge is -2.18. The smallest absolute Gasteiger partial charge is 0.191 e. The number of nitrogens with zero attached hydrogens (tertiary/aromatic N) is 1. The third-order valence-corrected chi connectivity index (χ3v) is 4.33. The highest BCUT2D eigenvalue weighted by molar-refractivity contribution is 5.79. The molecule has 2 aromatic rings. The summed E-state index contributed by atoms with van der Waals surface area (Å²) in [6.45, 7) is 3.14. The zero-order valence-corrected chi connectivity index (χ0v) is 17.5. The third-order valence-electron chi connectivity index (χ3n) is 4.33. The molecule has 0 aliphatic rings. The van der Waals surface area contributed by atoms with Crippen LogP contribution in [-0.4, -0.2) is 46.4 Å². The number of aryl methyl sites for hydroxylation is 1. The first-order valence-corrected chi connectivity index (χ1v) is 9.64. The molecule has 0 fully saturated rings. The van der Waals surface area contributed by atoms with E-state index in [-0.39, 0.29) is 17.7 Å². The summed E-state index contributed by atoms with van der Waals surface area (Å²) in [6.07, 6.45) is 1.62. The van der Waals surface area contributed by atoms with Gasteiger partial charge in [0.1, 0.15) is 6.10 Å². The number of benzene rings is 2. The second kappa shape index (κ2) is 11.8. The van der Waals surface area contributed by atoms with Crippen molar-refractivity contribution in [3.05, 3.63) is 53.8 Å². The van der Waals surface area contributed by atoms with Crippen LogP contribution >= 0.6 is 0 Å². The van der Waals surface area contributed by atoms with Crippen molar-refractivity contribution in [2.24, 2.45) is 4.99 Å². The van der Waals surface area contributed by atoms with Crippen molar-refractivity contribution >= 4 is 5.96 Å². The van der Waals surface area contributed by atoms with Gasteiger partial charge in [0.05, 0.1) is 20.8 Å². The second-order valence-electron chi connectivity index (χ2n) is 6.53. The zero-order chi connectivity index (χ0) is 21.1. The molecule has 1 atom stereocenters. The standard InChI is InChI=1S/C22H30FN3O3/c1-16(29-19-10-6-5-9-18(19)23)15-26-22(24-2)25-13-7-8-17-11-12-20(27-3)21(14-17)28-4/h5-6,9-12,14,16H,7-8,13,15H2,1-4H3,(H2,24,25,26). The van der Waals surface area contributed by atoms with Crippen molar-refractivity contribution in [2.45, 2.75) is 25.9 Å². The highest BCUT2D eigenvalue weighted by Crippen LogP contribution is 2.27. The molecule has 6 nitrogen and oxygen atoms in total. The topological polar surface area (TPSA) is 64.1 Å². The lowest BCUT2D eigenvalue weighted by molar-refractivity contribution is 0.214. The van der Waals surface area contributed by atoms with Gasteiger partial charge in [0.2, 0.25) is 0 Å². The molecule has 1 unspecified atom stereocenters. The Bertz CT molecular complexity index is 799. The predicted molar refractivity (Wildman–Crippen MR) is 114 cm³/mol. The molecule has 0 aliphatic carbocycles. The number of hydrogen-bond donors (Lipinski definition) is 2. The van der Waals surface area contributed by atoms with Crippen molar-refractivity contribution in [1.82, 2.24) is 10.6 Å². The largest absolute Gasteiger partial charge is 0.493 e. The molecule has 0 aromatic heterocycles. The summed E-state index contributed by atoms with van der Waals surface area (Å²) in [5.41, 5.74) is 1.18. The maximum absolute atomic E-state index is 13.7. The van der Waals surface area contributed by atoms with E-state index in [0.29, 0.717) is 12.5 Å². The minimum Gasteiger partial charge on any atom is -0.493 e. The first-order valence-electron chi connectivity index (χ1n) is 9.64. The van der Waals surface area contributed by atoms with E-state index in [1.807, 2.05) is 25.1 Å². The van der Waals surface area contributed by atoms with Crippen LogP contribution in [0.5, 0.6) is 17.2 Å². The van der Waals surface area contributed by atoms with Gasteiger partial charge in [-0.15, -0.1) is 0 Å². The van der Waals surface area contributed by atoms with Gasteiger partial charge in [-0.3, -0.25) is 4.99 Å². The molecule has 0 bridgehead atoms. The number of nitrogens with one attached hydrogen (secondary N) is 2. The maximum atomic E-state index is 13.7. The van der Waals surface area contributed by atoms with E-state index in [1.54, 1.807) is 39.5 Å². The van der Waals surface area contributed by atoms with E-state index in [1.165, 1.54) is 11.6 Å². The summed E-state index contributed by atoms with van der Waals surface area (Å²) >= 11 is 0. The molecule has 0 heterocycles. The highest BCUT2D eigenvalue weighted by Gasteiger charge is 2.09. The summed E-state index contributed by atoms with van der Waals surface area (Å²) in [5, 5.41) is 6.47. The number of ether oxygens (including phenoxy) is 3. The molecular formula is C22H30FN3O3. The monoisotopic (exact) mass is 403 g/mol. The molecule has 2 N–H and O–H groups in total. The van der Waals surface area contributed by atoms with Gasteiger partial charge in [-0.25, -0.2) is 4.39 Å². The van der Waals surface area contributed by atoms with Crippen molar-refractivity contribution in [1.29, 1.82) is 0 Å². The van der Waals surface area contributed by atoms with E-state index < -0.39 is 0 Å². The molecular weight excluding hydrogens is 373 g/mol. The number of rotatable bonds is 10. The normalized spacial score (nSPS) is 12.2. The quantitative estimate of drug-likeness (QED) is 0.362. The van der Waals surface area contributed by atoms with Crippen molar-refractivity contribution < 1.29 is 18.6 Å². The number of aliphatic imine (C=N–C) groups is 1. The summed E-state index contributed by atoms with van der Waals surface area (Å²) in [6, 6.07) is 12.3. The fourth-order valence-corrected chi connectivity index (χ4v) is 2.80. The predicted octanol–water partition coefficient (Wildman–Crippen LogP) is 3.41. The number of methoxy groups -OCH3 is 2. The van der Waals surface area contributed by atoms with Gasteiger partial charge in [0, 0.05) is 13.6 Å². The van der Waals surface area contributed by atoms with Crippen LogP contribution in [0.15, 0.2) is 47.5 Å². The molecule has 2 rings (SSSR count). The Morgan fingerprint density at radius 3 is 2.48 bits per heavy atom. The lowest BCUT2D eigenvalue weighted by Crippen LogP contribution is -2.42. The van der Waals surface area contributed by atoms with Crippen LogP contribution < -0.4 is 24.8 Å². The van der Waals surface area contributed by atoms with Gasteiger partial charge in [0.25, 0.3) is 0 Å². The van der Waals surface area contributed by atoms with Gasteiger partial charge in [-0.05, 0) is 49.6 Å². The van der Waals surface area contributed by atoms with E-state index in [2.05, 4.69) is 15.6 Å². The highest BCUT2D eigenvalue weighted by atomic mass is 19.1. The second-order valence-corrected chi connectivity index (χ2v) is 6.53. The molecule has 29 heavy (non-hydrogen) atoms. The van der Waals surface area contributed by atoms with Crippen molar-refractivity contribution in [3.8, 4) is 17.2 Å². The molecule has 0 aliphatic heterocycles. The average molecular weight is 403 g/mol. The Labute approximate surface area is 172 Å². The lowest BCUT2D eigenvalue weighted by atomic mass is 10.1. The Morgan fingerprint density at radius 1 is 1.03 bits per heavy atom. The Hall–Kier alpha value is -2.96. The molecule has 0 spiro atoms. The third kappa shape index (κ3) is 7.18. The van der Waals surface area contributed by atoms with Crippen molar-refractivity contribution in [3.63, 3.8) is 0 Å². The Kier molecular flexibility index (Phi) is 9.08. The van der Waals surface area contributed by atoms with Crippen molar-refractivity contribution in [2.75, 3.05) is 34.4 Å². The van der Waals surface area contributed by atoms with Crippen LogP contribution in [0, 0.1) is 5.82 Å². The molecule has 7 heteroatoms. The van der Waals surface area contributed by atoms with E-state index >= 15 is 0 Å². The number of halogens is 1. The molecule has 0 saturated heterocycles. The maximum Gasteiger partial charge on any atom is 0.191 e. The van der Waals surface area contributed by atoms with Crippen LogP contribution in [0.2, 0.25) is 0 Å². The van der Waals surface area contributed by atoms with Gasteiger partial charge in [-0.1, -0.05) is 18.2 Å². The van der Waals surface area contributed by atoms with Crippen LogP contribution in [0.1, 0.15) is 18.9 Å². The number of guanidine groups is 1. The fraction of sp³-hybridized carbons (Fsp3) is 0.409. The molecule has 0 radical (unpaired) electrons. The molecule has 2 aromatic carbocycles. The van der Waals surface area contributed by atoms with Gasteiger partial charge < -0.3 is 24.8 Å². The number of para-hydroxylation sites is 1.